The van der Waals surface area contributed by atoms with Gasteiger partial charge in [0, 0.05) is 12.2 Å². The topological polar surface area (TPSA) is 49.9 Å². The van der Waals surface area contributed by atoms with Crippen LogP contribution in [0.4, 0.5) is 5.69 Å². The van der Waals surface area contributed by atoms with E-state index in [0.717, 1.165) is 12.3 Å². The van der Waals surface area contributed by atoms with E-state index in [0.29, 0.717) is 11.4 Å². The molecule has 0 saturated carbocycles. The van der Waals surface area contributed by atoms with E-state index in [-0.39, 0.29) is 12.1 Å². The number of hydrogen-bond acceptors (Lipinski definition) is 4. The smallest absolute Gasteiger partial charge is 0.219 e. The van der Waals surface area contributed by atoms with Gasteiger partial charge in [-0.3, -0.25) is 0 Å². The lowest BCUT2D eigenvalue weighted by Crippen LogP contribution is -2.42. The number of allylic oxidation sites excluding steroid dienone is 2. The average Bonchev–Trinajstić information content (AvgIpc) is 3.30. The highest BCUT2D eigenvalue weighted by atomic mass is 32.2. The molecule has 1 aromatic rings. The van der Waals surface area contributed by atoms with E-state index in [1.807, 2.05) is 43.3 Å². The van der Waals surface area contributed by atoms with Gasteiger partial charge in [0.1, 0.15) is 0 Å². The molecular formula is C16H17NO3S. The van der Waals surface area contributed by atoms with Crippen molar-refractivity contribution in [3.05, 3.63) is 54.1 Å². The second-order valence-electron chi connectivity index (χ2n) is 5.27. The molecule has 1 aliphatic carbocycles. The summed E-state index contributed by atoms with van der Waals surface area (Å²) in [6, 6.07) is 7.84. The fraction of sp³-hybridized carbons (Fsp3) is 0.312. The van der Waals surface area contributed by atoms with Crippen molar-refractivity contribution in [1.82, 2.24) is 0 Å². The van der Waals surface area contributed by atoms with Crippen molar-refractivity contribution >= 4 is 20.8 Å². The average molecular weight is 303 g/mol. The summed E-state index contributed by atoms with van der Waals surface area (Å²) < 4.78 is 28.3. The molecule has 1 fully saturated rings. The number of rotatable bonds is 4. The summed E-state index contributed by atoms with van der Waals surface area (Å²) in [5.74, 6) is 0. The monoisotopic (exact) mass is 303 g/mol. The molecule has 110 valence electrons. The molecule has 2 aliphatic rings. The van der Waals surface area contributed by atoms with Gasteiger partial charge in [-0.2, -0.15) is 8.42 Å². The van der Waals surface area contributed by atoms with Crippen LogP contribution in [0.1, 0.15) is 5.56 Å². The highest BCUT2D eigenvalue weighted by molar-refractivity contribution is 7.73. The maximum atomic E-state index is 11.5. The minimum absolute atomic E-state index is 0.187. The molecule has 0 aromatic heterocycles. The van der Waals surface area contributed by atoms with Crippen LogP contribution in [-0.4, -0.2) is 38.6 Å². The van der Waals surface area contributed by atoms with Crippen molar-refractivity contribution < 1.29 is 13.2 Å². The third kappa shape index (κ3) is 3.25. The van der Waals surface area contributed by atoms with E-state index >= 15 is 0 Å². The Bertz CT molecular complexity index is 704. The maximum absolute atomic E-state index is 11.5. The molecule has 1 saturated heterocycles. The van der Waals surface area contributed by atoms with Crippen molar-refractivity contribution in [2.75, 3.05) is 18.1 Å². The molecule has 0 spiro atoms. The third-order valence-corrected chi connectivity index (χ3v) is 4.42. The number of benzene rings is 1. The Kier molecular flexibility index (Phi) is 3.94. The van der Waals surface area contributed by atoms with Crippen LogP contribution in [0, 0.1) is 6.92 Å². The number of hydrogen-bond donors (Lipinski definition) is 0. The van der Waals surface area contributed by atoms with Gasteiger partial charge in [0.15, 0.2) is 0 Å². The zero-order chi connectivity index (χ0) is 14.8. The lowest BCUT2D eigenvalue weighted by atomic mass is 10.0. The molecule has 2 unspecified atom stereocenters. The predicted octanol–water partition coefficient (Wildman–Crippen LogP) is 1.75. The van der Waals surface area contributed by atoms with Gasteiger partial charge < -0.3 is 9.64 Å². The molecule has 0 amide bonds. The fourth-order valence-electron chi connectivity index (χ4n) is 2.43. The van der Waals surface area contributed by atoms with Crippen LogP contribution in [0.15, 0.2) is 48.6 Å². The van der Waals surface area contributed by atoms with Gasteiger partial charge in [-0.1, -0.05) is 35.9 Å². The van der Waals surface area contributed by atoms with Gasteiger partial charge in [-0.25, -0.2) is 0 Å². The number of nitrogens with zero attached hydrogens (tertiary/aromatic N) is 1. The molecule has 5 heteroatoms. The van der Waals surface area contributed by atoms with Gasteiger partial charge in [0.05, 0.1) is 23.6 Å². The Morgan fingerprint density at radius 2 is 1.95 bits per heavy atom. The Hall–Kier alpha value is -1.85. The van der Waals surface area contributed by atoms with Crippen LogP contribution >= 0.6 is 0 Å². The molecule has 0 radical (unpaired) electrons. The van der Waals surface area contributed by atoms with E-state index in [1.165, 1.54) is 5.56 Å². The number of anilines is 1. The Balaban J connectivity index is 1.98. The highest BCUT2D eigenvalue weighted by Crippen LogP contribution is 2.24. The van der Waals surface area contributed by atoms with Crippen molar-refractivity contribution in [1.29, 1.82) is 0 Å². The number of ether oxygens (including phenoxy) is 1. The summed E-state index contributed by atoms with van der Waals surface area (Å²) in [4.78, 5) is 2.47. The van der Waals surface area contributed by atoms with Crippen LogP contribution in [0.3, 0.4) is 0 Å². The predicted molar refractivity (Wildman–Crippen MR) is 84.3 cm³/mol. The summed E-state index contributed by atoms with van der Waals surface area (Å²) in [5, 5.41) is 0. The van der Waals surface area contributed by atoms with Gasteiger partial charge in [0.2, 0.25) is 10.3 Å². The van der Waals surface area contributed by atoms with E-state index in [2.05, 4.69) is 4.90 Å². The van der Waals surface area contributed by atoms with E-state index < -0.39 is 10.3 Å². The summed E-state index contributed by atoms with van der Waals surface area (Å²) in [6.07, 6.45) is 7.39. The quantitative estimate of drug-likeness (QED) is 0.628. The summed E-state index contributed by atoms with van der Waals surface area (Å²) >= 11 is 0. The Labute approximate surface area is 125 Å². The molecule has 21 heavy (non-hydrogen) atoms. The largest absolute Gasteiger partial charge is 0.371 e. The van der Waals surface area contributed by atoms with Gasteiger partial charge >= 0.3 is 0 Å². The normalized spacial score (nSPS) is 23.2. The molecule has 1 heterocycles. The van der Waals surface area contributed by atoms with E-state index in [1.54, 1.807) is 12.2 Å². The first-order valence-electron chi connectivity index (χ1n) is 6.91. The first-order chi connectivity index (χ1) is 10.1. The lowest BCUT2D eigenvalue weighted by Gasteiger charge is -2.32. The van der Waals surface area contributed by atoms with Gasteiger partial charge in [-0.15, -0.1) is 0 Å². The first-order valence-corrected chi connectivity index (χ1v) is 7.98. The van der Waals surface area contributed by atoms with Gasteiger partial charge in [0.25, 0.3) is 0 Å². The van der Waals surface area contributed by atoms with Crippen LogP contribution in [0.5, 0.6) is 0 Å². The second-order valence-corrected chi connectivity index (χ2v) is 6.21. The maximum Gasteiger partial charge on any atom is 0.219 e. The van der Waals surface area contributed by atoms with Crippen molar-refractivity contribution in [3.8, 4) is 0 Å². The highest BCUT2D eigenvalue weighted by Gasteiger charge is 2.31. The molecule has 1 aromatic carbocycles. The molecule has 2 atom stereocenters. The van der Waals surface area contributed by atoms with Crippen LogP contribution in [-0.2, 0) is 15.0 Å². The van der Waals surface area contributed by atoms with Crippen LogP contribution in [0.2, 0.25) is 0 Å². The minimum atomic E-state index is -2.23. The van der Waals surface area contributed by atoms with Gasteiger partial charge in [-0.05, 0) is 25.1 Å². The van der Waals surface area contributed by atoms with E-state index in [4.69, 9.17) is 4.74 Å². The van der Waals surface area contributed by atoms with Crippen LogP contribution in [0.25, 0.3) is 0 Å². The number of aryl methyl sites for hydroxylation is 1. The van der Waals surface area contributed by atoms with E-state index in [9.17, 15) is 8.42 Å². The fourth-order valence-corrected chi connectivity index (χ4v) is 3.03. The first kappa shape index (κ1) is 14.1. The molecule has 1 aliphatic heterocycles. The molecular weight excluding hydrogens is 286 g/mol. The standard InChI is InChI=1S/C16H17NO3S/c1-12-6-8-13(9-7-12)17(10-14-11-20-14)15-4-2-3-5-16(15)21(18)19/h2-9,14-15H,10-11H2,1H3. The zero-order valence-corrected chi connectivity index (χ0v) is 12.6. The minimum Gasteiger partial charge on any atom is -0.371 e. The zero-order valence-electron chi connectivity index (χ0n) is 11.8. The molecule has 0 N–H and O–H groups in total. The SMILES string of the molecule is Cc1ccc(N(CC2CO2)C2C=CC=CC2=S(=O)=O)cc1. The summed E-state index contributed by atoms with van der Waals surface area (Å²) in [5.41, 5.74) is 2.18. The lowest BCUT2D eigenvalue weighted by molar-refractivity contribution is 0.407. The number of epoxide rings is 1. The summed E-state index contributed by atoms with van der Waals surface area (Å²) in [7, 11) is -2.23. The third-order valence-electron chi connectivity index (χ3n) is 3.65. The summed E-state index contributed by atoms with van der Waals surface area (Å²) in [6.45, 7) is 3.46. The second kappa shape index (κ2) is 5.87. The van der Waals surface area contributed by atoms with Crippen molar-refractivity contribution in [2.24, 2.45) is 0 Å². The van der Waals surface area contributed by atoms with Crippen LogP contribution < -0.4 is 4.90 Å². The molecule has 4 nitrogen and oxygen atoms in total. The van der Waals surface area contributed by atoms with Crippen molar-refractivity contribution in [3.63, 3.8) is 0 Å². The Morgan fingerprint density at radius 1 is 1.24 bits per heavy atom. The molecule has 0 bridgehead atoms. The molecule has 3 rings (SSSR count). The Morgan fingerprint density at radius 3 is 2.57 bits per heavy atom. The van der Waals surface area contributed by atoms with Crippen molar-refractivity contribution in [2.45, 2.75) is 19.1 Å².